The third-order valence-electron chi connectivity index (χ3n) is 4.26. The lowest BCUT2D eigenvalue weighted by atomic mass is 9.68. The Balaban J connectivity index is 2.17. The molecule has 1 saturated carbocycles. The molecule has 1 heterocycles. The van der Waals surface area contributed by atoms with Gasteiger partial charge in [-0.25, -0.2) is 0 Å². The smallest absolute Gasteiger partial charge is 0.325 e. The molecule has 0 amide bonds. The SMILES string of the molecule is O=C1CCC[C@@]12C(=O)Oc1ccccc1[C@H]2C[N+](=O)[O-]. The summed E-state index contributed by atoms with van der Waals surface area (Å²) in [6.45, 7) is -0.433. The average molecular weight is 275 g/mol. The number of nitrogens with zero attached hydrogens (tertiary/aromatic N) is 1. The largest absolute Gasteiger partial charge is 0.425 e. The first kappa shape index (κ1) is 12.8. The highest BCUT2D eigenvalue weighted by Gasteiger charge is 2.60. The quantitative estimate of drug-likeness (QED) is 0.269. The molecule has 0 N–H and O–H groups in total. The van der Waals surface area contributed by atoms with E-state index in [1.807, 2.05) is 0 Å². The summed E-state index contributed by atoms with van der Waals surface area (Å²) >= 11 is 0. The molecule has 6 heteroatoms. The molecule has 2 aliphatic rings. The van der Waals surface area contributed by atoms with Gasteiger partial charge in [0.05, 0.1) is 5.92 Å². The normalized spacial score (nSPS) is 28.3. The number of ketones is 1. The number of fused-ring (bicyclic) bond motifs is 1. The topological polar surface area (TPSA) is 86.5 Å². The van der Waals surface area contributed by atoms with Crippen molar-refractivity contribution >= 4 is 11.8 Å². The number of rotatable bonds is 2. The average Bonchev–Trinajstić information content (AvgIpc) is 2.78. The molecular weight excluding hydrogens is 262 g/mol. The summed E-state index contributed by atoms with van der Waals surface area (Å²) in [7, 11) is 0. The van der Waals surface area contributed by atoms with E-state index >= 15 is 0 Å². The summed E-state index contributed by atoms with van der Waals surface area (Å²) in [5, 5.41) is 11.0. The molecule has 1 aliphatic heterocycles. The molecule has 1 aromatic rings. The van der Waals surface area contributed by atoms with Gasteiger partial charge >= 0.3 is 5.97 Å². The van der Waals surface area contributed by atoms with Crippen molar-refractivity contribution in [2.75, 3.05) is 6.54 Å². The minimum atomic E-state index is -1.36. The van der Waals surface area contributed by atoms with E-state index in [4.69, 9.17) is 4.74 Å². The van der Waals surface area contributed by atoms with E-state index in [0.29, 0.717) is 24.2 Å². The first-order valence-corrected chi connectivity index (χ1v) is 6.52. The monoisotopic (exact) mass is 275 g/mol. The van der Waals surface area contributed by atoms with E-state index < -0.39 is 28.8 Å². The summed E-state index contributed by atoms with van der Waals surface area (Å²) in [6.07, 6.45) is 1.19. The highest BCUT2D eigenvalue weighted by Crippen LogP contribution is 2.52. The Morgan fingerprint density at radius 3 is 2.75 bits per heavy atom. The van der Waals surface area contributed by atoms with Crippen molar-refractivity contribution in [1.29, 1.82) is 0 Å². The van der Waals surface area contributed by atoms with E-state index in [0.717, 1.165) is 0 Å². The van der Waals surface area contributed by atoms with E-state index in [9.17, 15) is 19.7 Å². The molecule has 1 aliphatic carbocycles. The number of Topliss-reactive ketones (excluding diaryl/α,β-unsaturated/α-hetero) is 1. The van der Waals surface area contributed by atoms with Crippen LogP contribution in [0.2, 0.25) is 0 Å². The molecule has 0 saturated heterocycles. The van der Waals surface area contributed by atoms with Crippen molar-refractivity contribution in [3.8, 4) is 5.75 Å². The highest BCUT2D eigenvalue weighted by atomic mass is 16.6. The second kappa shape index (κ2) is 4.40. The van der Waals surface area contributed by atoms with Crippen LogP contribution in [0.4, 0.5) is 0 Å². The van der Waals surface area contributed by atoms with Crippen molar-refractivity contribution in [2.24, 2.45) is 5.41 Å². The fraction of sp³-hybridized carbons (Fsp3) is 0.429. The van der Waals surface area contributed by atoms with E-state index in [1.54, 1.807) is 24.3 Å². The summed E-state index contributed by atoms with van der Waals surface area (Å²) in [6, 6.07) is 6.73. The highest BCUT2D eigenvalue weighted by molar-refractivity contribution is 6.08. The van der Waals surface area contributed by atoms with Gasteiger partial charge in [0, 0.05) is 16.9 Å². The number of nitro groups is 1. The Hall–Kier alpha value is -2.24. The van der Waals surface area contributed by atoms with Crippen LogP contribution in [0.15, 0.2) is 24.3 Å². The third kappa shape index (κ3) is 1.64. The van der Waals surface area contributed by atoms with Crippen LogP contribution in [-0.2, 0) is 9.59 Å². The number of para-hydroxylation sites is 1. The fourth-order valence-electron chi connectivity index (χ4n) is 3.34. The van der Waals surface area contributed by atoms with Gasteiger partial charge in [-0.2, -0.15) is 0 Å². The molecule has 1 aromatic carbocycles. The van der Waals surface area contributed by atoms with Crippen molar-refractivity contribution in [3.05, 3.63) is 39.9 Å². The van der Waals surface area contributed by atoms with Crippen LogP contribution in [0.25, 0.3) is 0 Å². The lowest BCUT2D eigenvalue weighted by Gasteiger charge is -2.36. The van der Waals surface area contributed by atoms with Crippen LogP contribution in [0.5, 0.6) is 5.75 Å². The molecule has 0 aromatic heterocycles. The molecule has 20 heavy (non-hydrogen) atoms. The predicted octanol–water partition coefficient (Wildman–Crippen LogP) is 1.71. The molecule has 104 valence electrons. The second-order valence-electron chi connectivity index (χ2n) is 5.24. The van der Waals surface area contributed by atoms with Gasteiger partial charge in [0.15, 0.2) is 5.78 Å². The van der Waals surface area contributed by atoms with Gasteiger partial charge in [0.2, 0.25) is 6.54 Å². The maximum absolute atomic E-state index is 12.3. The van der Waals surface area contributed by atoms with Gasteiger partial charge in [-0.1, -0.05) is 18.2 Å². The maximum Gasteiger partial charge on any atom is 0.325 e. The van der Waals surface area contributed by atoms with Crippen molar-refractivity contribution in [1.82, 2.24) is 0 Å². The first-order valence-electron chi connectivity index (χ1n) is 6.52. The Morgan fingerprint density at radius 1 is 1.35 bits per heavy atom. The molecule has 2 atom stereocenters. The Bertz CT molecular complexity index is 611. The standard InChI is InChI=1S/C14H13NO5/c16-12-6-3-7-14(12)10(8-15(18)19)9-4-1-2-5-11(9)20-13(14)17/h1-2,4-5,10H,3,6-8H2/t10-,14+/m1/s1. The number of benzene rings is 1. The van der Waals surface area contributed by atoms with Gasteiger partial charge in [0.1, 0.15) is 11.2 Å². The van der Waals surface area contributed by atoms with Gasteiger partial charge < -0.3 is 4.74 Å². The van der Waals surface area contributed by atoms with Crippen LogP contribution < -0.4 is 4.74 Å². The minimum Gasteiger partial charge on any atom is -0.425 e. The predicted molar refractivity (Wildman–Crippen MR) is 68.0 cm³/mol. The molecular formula is C14H13NO5. The van der Waals surface area contributed by atoms with Gasteiger partial charge in [-0.15, -0.1) is 0 Å². The van der Waals surface area contributed by atoms with Gasteiger partial charge in [-0.3, -0.25) is 19.7 Å². The molecule has 0 radical (unpaired) electrons. The van der Waals surface area contributed by atoms with E-state index in [1.165, 1.54) is 0 Å². The van der Waals surface area contributed by atoms with Crippen LogP contribution in [-0.4, -0.2) is 23.2 Å². The molecule has 3 rings (SSSR count). The molecule has 0 bridgehead atoms. The van der Waals surface area contributed by atoms with Gasteiger partial charge in [-0.05, 0) is 18.9 Å². The summed E-state index contributed by atoms with van der Waals surface area (Å²) in [4.78, 5) is 35.1. The number of carbonyl (C=O) groups is 2. The number of ether oxygens (including phenoxy) is 1. The van der Waals surface area contributed by atoms with E-state index in [2.05, 4.69) is 0 Å². The first-order chi connectivity index (χ1) is 9.55. The van der Waals surface area contributed by atoms with Crippen LogP contribution >= 0.6 is 0 Å². The van der Waals surface area contributed by atoms with Crippen molar-refractivity contribution in [2.45, 2.75) is 25.2 Å². The molecule has 0 unspecified atom stereocenters. The number of hydrogen-bond donors (Lipinski definition) is 0. The maximum atomic E-state index is 12.3. The molecule has 1 fully saturated rings. The lowest BCUT2D eigenvalue weighted by Crippen LogP contribution is -2.48. The molecule has 6 nitrogen and oxygen atoms in total. The summed E-state index contributed by atoms with van der Waals surface area (Å²) in [5.41, 5.74) is -0.777. The van der Waals surface area contributed by atoms with Crippen molar-refractivity contribution < 1.29 is 19.2 Å². The number of carbonyl (C=O) groups excluding carboxylic acids is 2. The number of esters is 1. The zero-order chi connectivity index (χ0) is 14.3. The summed E-state index contributed by atoms with van der Waals surface area (Å²) in [5.74, 6) is -1.27. The van der Waals surface area contributed by atoms with E-state index in [-0.39, 0.29) is 12.2 Å². The second-order valence-corrected chi connectivity index (χ2v) is 5.24. The van der Waals surface area contributed by atoms with Crippen LogP contribution in [0.3, 0.4) is 0 Å². The Morgan fingerprint density at radius 2 is 2.10 bits per heavy atom. The number of hydrogen-bond acceptors (Lipinski definition) is 5. The third-order valence-corrected chi connectivity index (χ3v) is 4.26. The fourth-order valence-corrected chi connectivity index (χ4v) is 3.34. The van der Waals surface area contributed by atoms with Crippen LogP contribution in [0.1, 0.15) is 30.7 Å². The lowest BCUT2D eigenvalue weighted by molar-refractivity contribution is -0.485. The Kier molecular flexibility index (Phi) is 2.81. The minimum absolute atomic E-state index is 0.233. The Labute approximate surface area is 114 Å². The summed E-state index contributed by atoms with van der Waals surface area (Å²) < 4.78 is 5.27. The van der Waals surface area contributed by atoms with Crippen LogP contribution in [0, 0.1) is 15.5 Å². The van der Waals surface area contributed by atoms with Crippen molar-refractivity contribution in [3.63, 3.8) is 0 Å². The van der Waals surface area contributed by atoms with Gasteiger partial charge in [0.25, 0.3) is 0 Å². The molecule has 1 spiro atoms. The zero-order valence-electron chi connectivity index (χ0n) is 10.7. The zero-order valence-corrected chi connectivity index (χ0v) is 10.7.